The molecule has 2 aromatic rings. The van der Waals surface area contributed by atoms with E-state index in [0.717, 1.165) is 48.6 Å². The normalized spacial score (nSPS) is 17.4. The minimum Gasteiger partial charge on any atom is -0.325 e. The molecule has 7 heteroatoms. The number of ketones is 1. The minimum atomic E-state index is -0.00897. The zero-order chi connectivity index (χ0) is 27.3. The first-order valence-electron chi connectivity index (χ1n) is 14.9. The largest absolute Gasteiger partial charge is 0.325 e. The molecule has 0 aromatic heterocycles. The highest BCUT2D eigenvalue weighted by Crippen LogP contribution is 2.23. The number of hydrogen-bond donors (Lipinski definition) is 1. The first-order valence-corrected chi connectivity index (χ1v) is 16.4. The van der Waals surface area contributed by atoms with E-state index in [1.165, 1.54) is 64.7 Å². The third kappa shape index (κ3) is 9.95. The van der Waals surface area contributed by atoms with E-state index in [0.29, 0.717) is 17.7 Å². The molecular weight excluding hydrogens is 599 g/mol. The Hall–Kier alpha value is -1.81. The summed E-state index contributed by atoms with van der Waals surface area (Å²) in [6.45, 7) is 8.19. The molecule has 0 spiro atoms. The monoisotopic (exact) mass is 644 g/mol. The second-order valence-electron chi connectivity index (χ2n) is 11.0. The number of amides is 1. The van der Waals surface area contributed by atoms with Crippen LogP contribution < -0.4 is 5.32 Å². The van der Waals surface area contributed by atoms with E-state index >= 15 is 0 Å². The van der Waals surface area contributed by atoms with E-state index in [4.69, 9.17) is 0 Å². The van der Waals surface area contributed by atoms with E-state index in [2.05, 4.69) is 42.6 Å². The summed E-state index contributed by atoms with van der Waals surface area (Å²) in [7, 11) is 0. The van der Waals surface area contributed by atoms with E-state index < -0.39 is 0 Å². The van der Waals surface area contributed by atoms with Gasteiger partial charge in [-0.15, -0.1) is 0 Å². The number of piperazine rings is 1. The number of carbonyl (C=O) groups is 2. The summed E-state index contributed by atoms with van der Waals surface area (Å²) in [5, 5.41) is 3.04. The smallest absolute Gasteiger partial charge is 0.238 e. The zero-order valence-corrected chi connectivity index (χ0v) is 25.5. The Morgan fingerprint density at radius 3 is 2.18 bits per heavy atom. The summed E-state index contributed by atoms with van der Waals surface area (Å²) >= 11 is 2.43. The highest BCUT2D eigenvalue weighted by atomic mass is 127. The summed E-state index contributed by atoms with van der Waals surface area (Å²) in [5.74, 6) is -0.00183. The molecule has 0 unspecified atom stereocenters. The standard InChI is InChI=1S/C32H45IN4O2/c33-18-7-8-19-36(21-9-20-35-22-24-37(25-23-35)30-12-5-2-6-13-30)26-31(38)34-29-16-14-28(15-17-29)32(39)27-10-3-1-4-11-27/h1,3-4,10-11,14-17,30H,2,5-9,12-13,18-26H2,(H,34,38). The maximum absolute atomic E-state index is 12.9. The van der Waals surface area contributed by atoms with E-state index in [9.17, 15) is 9.59 Å². The zero-order valence-electron chi connectivity index (χ0n) is 23.3. The van der Waals surface area contributed by atoms with Crippen molar-refractivity contribution < 1.29 is 9.59 Å². The van der Waals surface area contributed by atoms with Crippen LogP contribution in [0.3, 0.4) is 0 Å². The first-order chi connectivity index (χ1) is 19.1. The van der Waals surface area contributed by atoms with Crippen LogP contribution in [0.2, 0.25) is 0 Å². The predicted molar refractivity (Wildman–Crippen MR) is 169 cm³/mol. The molecule has 1 amide bonds. The molecular formula is C32H45IN4O2. The quantitative estimate of drug-likeness (QED) is 0.124. The summed E-state index contributed by atoms with van der Waals surface area (Å²) in [6.07, 6.45) is 10.4. The molecule has 212 valence electrons. The van der Waals surface area contributed by atoms with Gasteiger partial charge in [0.1, 0.15) is 0 Å². The average molecular weight is 645 g/mol. The van der Waals surface area contributed by atoms with Crippen LogP contribution in [0.15, 0.2) is 54.6 Å². The average Bonchev–Trinajstić information content (AvgIpc) is 2.98. The van der Waals surface area contributed by atoms with Gasteiger partial charge in [-0.1, -0.05) is 72.2 Å². The van der Waals surface area contributed by atoms with Gasteiger partial charge in [0, 0.05) is 49.0 Å². The summed E-state index contributed by atoms with van der Waals surface area (Å²) in [6, 6.07) is 17.3. The Labute approximate surface area is 248 Å². The Kier molecular flexibility index (Phi) is 12.7. The molecule has 39 heavy (non-hydrogen) atoms. The fourth-order valence-corrected chi connectivity index (χ4v) is 6.42. The summed E-state index contributed by atoms with van der Waals surface area (Å²) < 4.78 is 1.15. The van der Waals surface area contributed by atoms with Crippen LogP contribution in [0.5, 0.6) is 0 Å². The Morgan fingerprint density at radius 2 is 1.49 bits per heavy atom. The highest BCUT2D eigenvalue weighted by molar-refractivity contribution is 14.1. The highest BCUT2D eigenvalue weighted by Gasteiger charge is 2.25. The van der Waals surface area contributed by atoms with Crippen molar-refractivity contribution in [1.29, 1.82) is 0 Å². The van der Waals surface area contributed by atoms with Gasteiger partial charge < -0.3 is 10.2 Å². The second kappa shape index (κ2) is 16.5. The molecule has 4 rings (SSSR count). The van der Waals surface area contributed by atoms with E-state index in [-0.39, 0.29) is 11.7 Å². The number of nitrogens with zero attached hydrogens (tertiary/aromatic N) is 3. The molecule has 2 aromatic carbocycles. The summed E-state index contributed by atoms with van der Waals surface area (Å²) in [5.41, 5.74) is 2.02. The van der Waals surface area contributed by atoms with Crippen LogP contribution >= 0.6 is 22.6 Å². The topological polar surface area (TPSA) is 55.9 Å². The lowest BCUT2D eigenvalue weighted by molar-refractivity contribution is -0.117. The number of anilines is 1. The van der Waals surface area contributed by atoms with Crippen molar-refractivity contribution in [3.05, 3.63) is 65.7 Å². The van der Waals surface area contributed by atoms with Gasteiger partial charge in [0.25, 0.3) is 0 Å². The number of alkyl halides is 1. The lowest BCUT2D eigenvalue weighted by atomic mass is 9.94. The lowest BCUT2D eigenvalue weighted by Crippen LogP contribution is -2.51. The van der Waals surface area contributed by atoms with Gasteiger partial charge in [-0.3, -0.25) is 19.4 Å². The van der Waals surface area contributed by atoms with Gasteiger partial charge >= 0.3 is 0 Å². The fourth-order valence-electron chi connectivity index (χ4n) is 5.88. The number of carbonyl (C=O) groups excluding carboxylic acids is 2. The number of benzene rings is 2. The fraction of sp³-hybridized carbons (Fsp3) is 0.562. The Morgan fingerprint density at radius 1 is 0.821 bits per heavy atom. The molecule has 1 aliphatic heterocycles. The lowest BCUT2D eigenvalue weighted by Gasteiger charge is -2.41. The van der Waals surface area contributed by atoms with Crippen LogP contribution in [0.1, 0.15) is 67.3 Å². The van der Waals surface area contributed by atoms with Crippen LogP contribution in [0, 0.1) is 0 Å². The number of unbranched alkanes of at least 4 members (excludes halogenated alkanes) is 1. The molecule has 0 radical (unpaired) electrons. The Bertz CT molecular complexity index is 1000. The third-order valence-electron chi connectivity index (χ3n) is 8.14. The molecule has 0 atom stereocenters. The predicted octanol–water partition coefficient (Wildman–Crippen LogP) is 5.71. The molecule has 1 N–H and O–H groups in total. The molecule has 6 nitrogen and oxygen atoms in total. The molecule has 1 saturated carbocycles. The van der Waals surface area contributed by atoms with Crippen LogP contribution in [-0.4, -0.2) is 89.2 Å². The van der Waals surface area contributed by atoms with Crippen molar-refractivity contribution in [3.63, 3.8) is 0 Å². The van der Waals surface area contributed by atoms with Gasteiger partial charge in [-0.2, -0.15) is 0 Å². The van der Waals surface area contributed by atoms with Crippen molar-refractivity contribution in [2.45, 2.75) is 57.4 Å². The van der Waals surface area contributed by atoms with Gasteiger partial charge in [0.15, 0.2) is 5.78 Å². The minimum absolute atomic E-state index is 0.00713. The van der Waals surface area contributed by atoms with E-state index in [1.807, 2.05) is 42.5 Å². The number of nitrogens with one attached hydrogen (secondary N) is 1. The number of rotatable bonds is 14. The van der Waals surface area contributed by atoms with Crippen molar-refractivity contribution in [2.24, 2.45) is 0 Å². The molecule has 1 heterocycles. The van der Waals surface area contributed by atoms with E-state index in [1.54, 1.807) is 12.1 Å². The van der Waals surface area contributed by atoms with Crippen molar-refractivity contribution >= 4 is 40.0 Å². The van der Waals surface area contributed by atoms with Crippen molar-refractivity contribution in [1.82, 2.24) is 14.7 Å². The van der Waals surface area contributed by atoms with Crippen molar-refractivity contribution in [2.75, 3.05) is 62.1 Å². The number of hydrogen-bond acceptors (Lipinski definition) is 5. The van der Waals surface area contributed by atoms with Gasteiger partial charge in [0.05, 0.1) is 6.54 Å². The summed E-state index contributed by atoms with van der Waals surface area (Å²) in [4.78, 5) is 33.2. The van der Waals surface area contributed by atoms with Gasteiger partial charge in [0.2, 0.25) is 5.91 Å². The molecule has 1 aliphatic carbocycles. The van der Waals surface area contributed by atoms with Gasteiger partial charge in [-0.25, -0.2) is 0 Å². The van der Waals surface area contributed by atoms with Crippen LogP contribution in [0.25, 0.3) is 0 Å². The Balaban J connectivity index is 1.20. The molecule has 1 saturated heterocycles. The number of halogens is 1. The van der Waals surface area contributed by atoms with Crippen LogP contribution in [0.4, 0.5) is 5.69 Å². The van der Waals surface area contributed by atoms with Gasteiger partial charge in [-0.05, 0) is 80.4 Å². The SMILES string of the molecule is O=C(CN(CCCCI)CCCN1CCN(C2CCCCC2)CC1)Nc1ccc(C(=O)c2ccccc2)cc1. The van der Waals surface area contributed by atoms with Crippen LogP contribution in [-0.2, 0) is 4.79 Å². The third-order valence-corrected chi connectivity index (χ3v) is 8.90. The molecule has 0 bridgehead atoms. The first kappa shape index (κ1) is 30.2. The molecule has 2 aliphatic rings. The second-order valence-corrected chi connectivity index (χ2v) is 12.1. The maximum atomic E-state index is 12.9. The van der Waals surface area contributed by atoms with Crippen molar-refractivity contribution in [3.8, 4) is 0 Å². The maximum Gasteiger partial charge on any atom is 0.238 e. The molecule has 2 fully saturated rings.